The molecule has 3 rings (SSSR count). The topological polar surface area (TPSA) is 78.1 Å². The number of nitrogens with one attached hydrogen (secondary N) is 2. The van der Waals surface area contributed by atoms with Crippen molar-refractivity contribution in [3.63, 3.8) is 0 Å². The molecule has 26 heavy (non-hydrogen) atoms. The number of carbonyl (C=O) groups excluding carboxylic acids is 1. The molecule has 1 aliphatic heterocycles. The Morgan fingerprint density at radius 2 is 2.15 bits per heavy atom. The van der Waals surface area contributed by atoms with Gasteiger partial charge in [-0.2, -0.15) is 0 Å². The Bertz CT molecular complexity index is 788. The number of H-pyrrole nitrogens is 1. The molecule has 2 heterocycles. The van der Waals surface area contributed by atoms with E-state index in [0.29, 0.717) is 11.4 Å². The molecule has 1 aromatic carbocycles. The molecule has 0 saturated carbocycles. The molecule has 138 valence electrons. The fourth-order valence-electron chi connectivity index (χ4n) is 3.40. The summed E-state index contributed by atoms with van der Waals surface area (Å²) in [5, 5.41) is 3.08. The quantitative estimate of drug-likeness (QED) is 0.823. The molecule has 1 amide bonds. The average molecular weight is 354 g/mol. The first kappa shape index (κ1) is 18.3. The summed E-state index contributed by atoms with van der Waals surface area (Å²) in [7, 11) is 0. The van der Waals surface area contributed by atoms with Crippen molar-refractivity contribution in [1.82, 2.24) is 20.2 Å². The Morgan fingerprint density at radius 3 is 2.92 bits per heavy atom. The van der Waals surface area contributed by atoms with Crippen LogP contribution in [0.2, 0.25) is 0 Å². The van der Waals surface area contributed by atoms with Crippen molar-refractivity contribution >= 4 is 5.91 Å². The van der Waals surface area contributed by atoms with Gasteiger partial charge in [-0.1, -0.05) is 30.3 Å². The maximum absolute atomic E-state index is 12.3. The molecule has 0 radical (unpaired) electrons. The fourth-order valence-corrected chi connectivity index (χ4v) is 3.40. The van der Waals surface area contributed by atoms with Gasteiger partial charge in [0.05, 0.1) is 6.42 Å². The number of hydrogen-bond donors (Lipinski definition) is 2. The van der Waals surface area contributed by atoms with Crippen molar-refractivity contribution in [3.05, 3.63) is 63.8 Å². The first-order valence-electron chi connectivity index (χ1n) is 9.20. The van der Waals surface area contributed by atoms with E-state index in [4.69, 9.17) is 0 Å². The standard InChI is InChI=1S/C20H26N4O2/c1-15-21-13-17(20(26)22-15)12-19(25)23-18-8-5-10-24(14-18)11-9-16-6-3-2-4-7-16/h2-4,6-7,13,18H,5,8-12,14H2,1H3,(H,23,25)(H,21,22,26). The maximum Gasteiger partial charge on any atom is 0.254 e. The van der Waals surface area contributed by atoms with Crippen molar-refractivity contribution in [3.8, 4) is 0 Å². The van der Waals surface area contributed by atoms with Crippen LogP contribution in [0.5, 0.6) is 0 Å². The van der Waals surface area contributed by atoms with Gasteiger partial charge in [-0.25, -0.2) is 4.98 Å². The second-order valence-corrected chi connectivity index (χ2v) is 6.94. The van der Waals surface area contributed by atoms with E-state index in [2.05, 4.69) is 44.5 Å². The SMILES string of the molecule is Cc1ncc(CC(=O)NC2CCCN(CCc3ccccc3)C2)c(=O)[nH]1. The van der Waals surface area contributed by atoms with E-state index in [9.17, 15) is 9.59 Å². The van der Waals surface area contributed by atoms with E-state index >= 15 is 0 Å². The minimum atomic E-state index is -0.235. The van der Waals surface area contributed by atoms with Gasteiger partial charge in [0.25, 0.3) is 5.56 Å². The van der Waals surface area contributed by atoms with Crippen molar-refractivity contribution in [2.24, 2.45) is 0 Å². The van der Waals surface area contributed by atoms with Crippen molar-refractivity contribution < 1.29 is 4.79 Å². The fraction of sp³-hybridized carbons (Fsp3) is 0.450. The van der Waals surface area contributed by atoms with Gasteiger partial charge < -0.3 is 15.2 Å². The summed E-state index contributed by atoms with van der Waals surface area (Å²) in [4.78, 5) is 33.2. The zero-order valence-corrected chi connectivity index (χ0v) is 15.2. The summed E-state index contributed by atoms with van der Waals surface area (Å²) in [5.41, 5.74) is 1.51. The number of carbonyl (C=O) groups is 1. The van der Waals surface area contributed by atoms with Crippen molar-refractivity contribution in [2.45, 2.75) is 38.6 Å². The van der Waals surface area contributed by atoms with Crippen molar-refractivity contribution in [2.75, 3.05) is 19.6 Å². The summed E-state index contributed by atoms with van der Waals surface area (Å²) < 4.78 is 0. The van der Waals surface area contributed by atoms with Crippen LogP contribution in [0.15, 0.2) is 41.3 Å². The molecule has 1 aliphatic rings. The van der Waals surface area contributed by atoms with E-state index in [1.54, 1.807) is 6.92 Å². The molecular formula is C20H26N4O2. The van der Waals surface area contributed by atoms with Crippen molar-refractivity contribution in [1.29, 1.82) is 0 Å². The van der Waals surface area contributed by atoms with E-state index < -0.39 is 0 Å². The van der Waals surface area contributed by atoms with Gasteiger partial charge >= 0.3 is 0 Å². The van der Waals surface area contributed by atoms with Gasteiger partial charge in [0.1, 0.15) is 5.82 Å². The van der Waals surface area contributed by atoms with E-state index in [0.717, 1.165) is 38.9 Å². The smallest absolute Gasteiger partial charge is 0.254 e. The molecule has 1 atom stereocenters. The third-order valence-electron chi connectivity index (χ3n) is 4.78. The number of amides is 1. The molecule has 1 unspecified atom stereocenters. The van der Waals surface area contributed by atoms with Crippen LogP contribution >= 0.6 is 0 Å². The Labute approximate surface area is 153 Å². The predicted octanol–water partition coefficient (Wildman–Crippen LogP) is 1.44. The highest BCUT2D eigenvalue weighted by Crippen LogP contribution is 2.11. The highest BCUT2D eigenvalue weighted by atomic mass is 16.2. The van der Waals surface area contributed by atoms with Crippen LogP contribution in [0.4, 0.5) is 0 Å². The summed E-state index contributed by atoms with van der Waals surface area (Å²) in [6.45, 7) is 4.65. The number of nitrogens with zero attached hydrogens (tertiary/aromatic N) is 2. The molecule has 6 nitrogen and oxygen atoms in total. The van der Waals surface area contributed by atoms with E-state index in [1.807, 2.05) is 6.07 Å². The van der Waals surface area contributed by atoms with Crippen LogP contribution in [0.25, 0.3) is 0 Å². The first-order chi connectivity index (χ1) is 12.6. The summed E-state index contributed by atoms with van der Waals surface area (Å²) in [5.74, 6) is 0.441. The number of hydrogen-bond acceptors (Lipinski definition) is 4. The van der Waals surface area contributed by atoms with Crippen LogP contribution in [0.1, 0.15) is 29.8 Å². The minimum absolute atomic E-state index is 0.0725. The Morgan fingerprint density at radius 1 is 1.35 bits per heavy atom. The molecular weight excluding hydrogens is 328 g/mol. The zero-order chi connectivity index (χ0) is 18.4. The number of aromatic nitrogens is 2. The minimum Gasteiger partial charge on any atom is -0.352 e. The lowest BCUT2D eigenvalue weighted by Crippen LogP contribution is -2.48. The zero-order valence-electron chi connectivity index (χ0n) is 15.2. The van der Waals surface area contributed by atoms with Gasteiger partial charge in [-0.15, -0.1) is 0 Å². The molecule has 2 N–H and O–H groups in total. The van der Waals surface area contributed by atoms with Crippen LogP contribution in [0, 0.1) is 6.92 Å². The summed E-state index contributed by atoms with van der Waals surface area (Å²) >= 11 is 0. The third-order valence-corrected chi connectivity index (χ3v) is 4.78. The van der Waals surface area contributed by atoms with Gasteiger partial charge in [-0.3, -0.25) is 9.59 Å². The number of aromatic amines is 1. The van der Waals surface area contributed by atoms with Gasteiger partial charge in [-0.05, 0) is 38.3 Å². The second kappa shape index (κ2) is 8.76. The van der Waals surface area contributed by atoms with Crippen LogP contribution in [-0.4, -0.2) is 46.5 Å². The largest absolute Gasteiger partial charge is 0.352 e. The lowest BCUT2D eigenvalue weighted by molar-refractivity contribution is -0.121. The number of rotatable bonds is 6. The number of piperidine rings is 1. The Hall–Kier alpha value is -2.47. The van der Waals surface area contributed by atoms with Gasteiger partial charge in [0, 0.05) is 30.9 Å². The van der Waals surface area contributed by atoms with Crippen LogP contribution < -0.4 is 10.9 Å². The third kappa shape index (κ3) is 5.26. The Balaban J connectivity index is 1.48. The van der Waals surface area contributed by atoms with Gasteiger partial charge in [0.2, 0.25) is 5.91 Å². The van der Waals surface area contributed by atoms with E-state index in [-0.39, 0.29) is 23.9 Å². The molecule has 1 fully saturated rings. The lowest BCUT2D eigenvalue weighted by Gasteiger charge is -2.33. The molecule has 0 bridgehead atoms. The van der Waals surface area contributed by atoms with E-state index in [1.165, 1.54) is 11.8 Å². The number of likely N-dealkylation sites (tertiary alicyclic amines) is 1. The molecule has 0 aliphatic carbocycles. The van der Waals surface area contributed by atoms with Gasteiger partial charge in [0.15, 0.2) is 0 Å². The highest BCUT2D eigenvalue weighted by Gasteiger charge is 2.21. The van der Waals surface area contributed by atoms with Crippen LogP contribution in [-0.2, 0) is 17.6 Å². The second-order valence-electron chi connectivity index (χ2n) is 6.94. The summed E-state index contributed by atoms with van der Waals surface area (Å²) in [6, 6.07) is 10.6. The molecule has 0 spiro atoms. The first-order valence-corrected chi connectivity index (χ1v) is 9.20. The molecule has 2 aromatic rings. The monoisotopic (exact) mass is 354 g/mol. The maximum atomic E-state index is 12.3. The molecule has 6 heteroatoms. The molecule has 1 aromatic heterocycles. The number of aryl methyl sites for hydroxylation is 1. The predicted molar refractivity (Wildman–Crippen MR) is 101 cm³/mol. The highest BCUT2D eigenvalue weighted by molar-refractivity contribution is 5.78. The normalized spacial score (nSPS) is 17.8. The summed E-state index contributed by atoms with van der Waals surface area (Å²) in [6.07, 6.45) is 4.64. The number of benzene rings is 1. The van der Waals surface area contributed by atoms with Crippen LogP contribution in [0.3, 0.4) is 0 Å². The Kier molecular flexibility index (Phi) is 6.17. The lowest BCUT2D eigenvalue weighted by atomic mass is 10.0. The molecule has 1 saturated heterocycles. The average Bonchev–Trinajstić information content (AvgIpc) is 2.63.